The fraction of sp³-hybridized carbons (Fsp3) is 0.400. The Morgan fingerprint density at radius 2 is 1.75 bits per heavy atom. The molecular weight excluding hydrogens is 404 g/mol. The number of barbiturate groups is 1. The molecule has 4 amide bonds. The minimum atomic E-state index is -1.33. The van der Waals surface area contributed by atoms with E-state index in [1.54, 1.807) is 0 Å². The van der Waals surface area contributed by atoms with Crippen LogP contribution in [0.3, 0.4) is 0 Å². The molecule has 3 aliphatic heterocycles. The van der Waals surface area contributed by atoms with Crippen molar-refractivity contribution in [2.24, 2.45) is 5.41 Å². The molecule has 2 aromatic carbocycles. The number of urea groups is 1. The molecule has 0 saturated carbocycles. The molecule has 2 atom stereocenters. The van der Waals surface area contributed by atoms with E-state index in [1.807, 2.05) is 43.3 Å². The first-order valence-electron chi connectivity index (χ1n) is 11.4. The quantitative estimate of drug-likeness (QED) is 0.753. The van der Waals surface area contributed by atoms with Gasteiger partial charge in [-0.15, -0.1) is 0 Å². The van der Waals surface area contributed by atoms with E-state index < -0.39 is 17.4 Å². The third-order valence-electron chi connectivity index (χ3n) is 7.07. The molecule has 0 unspecified atom stereocenters. The van der Waals surface area contributed by atoms with Crippen LogP contribution < -0.4 is 15.1 Å². The van der Waals surface area contributed by atoms with Crippen molar-refractivity contribution in [1.29, 1.82) is 0 Å². The maximum absolute atomic E-state index is 13.9. The molecule has 0 bridgehead atoms. The van der Waals surface area contributed by atoms with Crippen molar-refractivity contribution in [2.45, 2.75) is 32.2 Å². The largest absolute Gasteiger partial charge is 0.368 e. The minimum Gasteiger partial charge on any atom is -0.368 e. The number of carbonyl (C=O) groups is 3. The number of para-hydroxylation sites is 2. The molecule has 2 aromatic rings. The molecule has 2 saturated heterocycles. The monoisotopic (exact) mass is 432 g/mol. The van der Waals surface area contributed by atoms with Gasteiger partial charge >= 0.3 is 6.03 Å². The molecule has 1 spiro atoms. The Kier molecular flexibility index (Phi) is 5.12. The molecule has 0 radical (unpaired) electrons. The lowest BCUT2D eigenvalue weighted by Gasteiger charge is -2.55. The van der Waals surface area contributed by atoms with Crippen LogP contribution in [-0.4, -0.2) is 55.0 Å². The molecule has 166 valence electrons. The minimum absolute atomic E-state index is 0.299. The number of unbranched alkanes of at least 4 members (excludes halogenated alkanes) is 1. The average Bonchev–Trinajstić information content (AvgIpc) is 2.83. The molecule has 1 N–H and O–H groups in total. The van der Waals surface area contributed by atoms with E-state index in [0.29, 0.717) is 32.5 Å². The second-order valence-electron chi connectivity index (χ2n) is 8.84. The average molecular weight is 433 g/mol. The summed E-state index contributed by atoms with van der Waals surface area (Å²) < 4.78 is 0. The summed E-state index contributed by atoms with van der Waals surface area (Å²) in [5, 5.41) is 2.53. The van der Waals surface area contributed by atoms with Crippen LogP contribution in [0.1, 0.15) is 25.3 Å². The van der Waals surface area contributed by atoms with Gasteiger partial charge in [-0.2, -0.15) is 0 Å². The molecule has 3 heterocycles. The van der Waals surface area contributed by atoms with Crippen molar-refractivity contribution in [3.8, 4) is 0 Å². The number of amides is 4. The number of nitrogens with one attached hydrogen (secondary N) is 1. The molecule has 0 aromatic heterocycles. The number of anilines is 2. The Morgan fingerprint density at radius 1 is 1.00 bits per heavy atom. The van der Waals surface area contributed by atoms with Gasteiger partial charge in [0.15, 0.2) is 5.41 Å². The van der Waals surface area contributed by atoms with E-state index in [0.717, 1.165) is 29.9 Å². The SMILES string of the molecule is CCCCN1C(=O)NC(=O)[C@]2(Cc3ccccc3N3CCN(c4ccccc4)C[C@H]32)C1=O. The van der Waals surface area contributed by atoms with Crippen LogP contribution in [0.5, 0.6) is 0 Å². The van der Waals surface area contributed by atoms with Crippen molar-refractivity contribution in [3.63, 3.8) is 0 Å². The van der Waals surface area contributed by atoms with Gasteiger partial charge in [0.2, 0.25) is 11.8 Å². The van der Waals surface area contributed by atoms with Gasteiger partial charge in [-0.25, -0.2) is 4.79 Å². The summed E-state index contributed by atoms with van der Waals surface area (Å²) in [6.07, 6.45) is 1.87. The fourth-order valence-electron chi connectivity index (χ4n) is 5.40. The van der Waals surface area contributed by atoms with Crippen molar-refractivity contribution in [3.05, 3.63) is 60.2 Å². The molecule has 2 fully saturated rings. The summed E-state index contributed by atoms with van der Waals surface area (Å²) >= 11 is 0. The Hall–Kier alpha value is -3.35. The Balaban J connectivity index is 1.60. The normalized spacial score (nSPS) is 25.0. The standard InChI is InChI=1S/C25H28N4O3/c1-2-3-13-29-23(31)25(22(30)26-24(29)32)16-18-9-7-8-12-20(18)28-15-14-27(17-21(25)28)19-10-5-4-6-11-19/h4-12,21H,2-3,13-17H2,1H3,(H,26,30,32)/t21-,25+/m0/s1. The van der Waals surface area contributed by atoms with Crippen LogP contribution in [0.2, 0.25) is 0 Å². The van der Waals surface area contributed by atoms with Crippen LogP contribution in [0.4, 0.5) is 16.2 Å². The predicted molar refractivity (Wildman–Crippen MR) is 123 cm³/mol. The maximum Gasteiger partial charge on any atom is 0.330 e. The van der Waals surface area contributed by atoms with Gasteiger partial charge < -0.3 is 9.80 Å². The van der Waals surface area contributed by atoms with E-state index in [9.17, 15) is 14.4 Å². The molecule has 32 heavy (non-hydrogen) atoms. The zero-order valence-corrected chi connectivity index (χ0v) is 18.3. The summed E-state index contributed by atoms with van der Waals surface area (Å²) in [5.74, 6) is -0.834. The Morgan fingerprint density at radius 3 is 2.53 bits per heavy atom. The first kappa shape index (κ1) is 20.5. The third kappa shape index (κ3) is 3.06. The van der Waals surface area contributed by atoms with Crippen LogP contribution in [0, 0.1) is 5.41 Å². The van der Waals surface area contributed by atoms with Gasteiger partial charge in [0.25, 0.3) is 0 Å². The van der Waals surface area contributed by atoms with Gasteiger partial charge in [-0.1, -0.05) is 49.7 Å². The number of benzene rings is 2. The second-order valence-corrected chi connectivity index (χ2v) is 8.84. The first-order chi connectivity index (χ1) is 15.6. The highest BCUT2D eigenvalue weighted by molar-refractivity contribution is 6.20. The van der Waals surface area contributed by atoms with Crippen molar-refractivity contribution in [1.82, 2.24) is 10.2 Å². The topological polar surface area (TPSA) is 73.0 Å². The number of piperazine rings is 1. The number of hydrogen-bond acceptors (Lipinski definition) is 5. The summed E-state index contributed by atoms with van der Waals surface area (Å²) in [7, 11) is 0. The molecule has 7 nitrogen and oxygen atoms in total. The predicted octanol–water partition coefficient (Wildman–Crippen LogP) is 2.80. The number of hydrogen-bond donors (Lipinski definition) is 1. The van der Waals surface area contributed by atoms with Gasteiger partial charge in [0, 0.05) is 37.6 Å². The summed E-state index contributed by atoms with van der Waals surface area (Å²) in [6.45, 7) is 4.37. The van der Waals surface area contributed by atoms with Crippen LogP contribution in [0.25, 0.3) is 0 Å². The summed E-state index contributed by atoms with van der Waals surface area (Å²) in [6, 6.07) is 17.1. The zero-order chi connectivity index (χ0) is 22.3. The second kappa shape index (κ2) is 7.97. The van der Waals surface area contributed by atoms with Gasteiger partial charge in [0.1, 0.15) is 0 Å². The Labute approximate surface area is 188 Å². The van der Waals surface area contributed by atoms with Gasteiger partial charge in [-0.05, 0) is 36.6 Å². The highest BCUT2D eigenvalue weighted by atomic mass is 16.2. The highest BCUT2D eigenvalue weighted by Gasteiger charge is 2.62. The summed E-state index contributed by atoms with van der Waals surface area (Å²) in [4.78, 5) is 45.7. The number of fused-ring (bicyclic) bond motifs is 4. The maximum atomic E-state index is 13.9. The van der Waals surface area contributed by atoms with Crippen molar-refractivity contribution < 1.29 is 14.4 Å². The third-order valence-corrected chi connectivity index (χ3v) is 7.07. The van der Waals surface area contributed by atoms with Crippen LogP contribution >= 0.6 is 0 Å². The van der Waals surface area contributed by atoms with E-state index in [2.05, 4.69) is 33.3 Å². The Bertz CT molecular complexity index is 1060. The number of nitrogens with zero attached hydrogens (tertiary/aromatic N) is 3. The smallest absolute Gasteiger partial charge is 0.330 e. The number of rotatable bonds is 4. The van der Waals surface area contributed by atoms with Crippen LogP contribution in [0.15, 0.2) is 54.6 Å². The lowest BCUT2D eigenvalue weighted by atomic mass is 9.67. The number of carbonyl (C=O) groups excluding carboxylic acids is 3. The number of imide groups is 2. The molecule has 3 aliphatic rings. The van der Waals surface area contributed by atoms with E-state index in [-0.39, 0.29) is 11.9 Å². The van der Waals surface area contributed by atoms with E-state index in [1.165, 1.54) is 4.90 Å². The molecule has 0 aliphatic carbocycles. The molecular formula is C25H28N4O3. The van der Waals surface area contributed by atoms with Crippen molar-refractivity contribution in [2.75, 3.05) is 36.0 Å². The highest BCUT2D eigenvalue weighted by Crippen LogP contribution is 2.46. The first-order valence-corrected chi connectivity index (χ1v) is 11.4. The van der Waals surface area contributed by atoms with Gasteiger partial charge in [-0.3, -0.25) is 19.8 Å². The molecule has 7 heteroatoms. The molecule has 5 rings (SSSR count). The summed E-state index contributed by atoms with van der Waals surface area (Å²) in [5.41, 5.74) is 1.80. The van der Waals surface area contributed by atoms with Crippen molar-refractivity contribution >= 4 is 29.2 Å². The van der Waals surface area contributed by atoms with Gasteiger partial charge in [0.05, 0.1) is 6.04 Å². The fourth-order valence-corrected chi connectivity index (χ4v) is 5.40. The van der Waals surface area contributed by atoms with Crippen LogP contribution in [-0.2, 0) is 16.0 Å². The lowest BCUT2D eigenvalue weighted by molar-refractivity contribution is -0.153. The van der Waals surface area contributed by atoms with E-state index >= 15 is 0 Å². The zero-order valence-electron chi connectivity index (χ0n) is 18.3. The lowest BCUT2D eigenvalue weighted by Crippen LogP contribution is -2.75. The van der Waals surface area contributed by atoms with E-state index in [4.69, 9.17) is 0 Å².